The molecule has 6 nitrogen and oxygen atoms in total. The van der Waals surface area contributed by atoms with Crippen molar-refractivity contribution in [2.75, 3.05) is 25.4 Å². The van der Waals surface area contributed by atoms with Crippen molar-refractivity contribution >= 4 is 29.2 Å². The van der Waals surface area contributed by atoms with Gasteiger partial charge in [-0.05, 0) is 31.4 Å². The van der Waals surface area contributed by atoms with Gasteiger partial charge in [0.25, 0.3) is 5.91 Å². The van der Waals surface area contributed by atoms with E-state index < -0.39 is 0 Å². The molecule has 0 bridgehead atoms. The molecule has 0 saturated carbocycles. The molecule has 0 atom stereocenters. The quantitative estimate of drug-likeness (QED) is 0.639. The number of anilines is 1. The third-order valence-electron chi connectivity index (χ3n) is 3.64. The van der Waals surface area contributed by atoms with Gasteiger partial charge in [0.15, 0.2) is 0 Å². The number of aromatic nitrogens is 1. The number of amides is 2. The van der Waals surface area contributed by atoms with Crippen LogP contribution < -0.4 is 11.1 Å². The summed E-state index contributed by atoms with van der Waals surface area (Å²) in [6, 6.07) is 2.96. The zero-order chi connectivity index (χ0) is 15.9. The lowest BCUT2D eigenvalue weighted by Crippen LogP contribution is -2.34. The molecule has 7 heteroatoms. The van der Waals surface area contributed by atoms with E-state index in [1.54, 1.807) is 0 Å². The lowest BCUT2D eigenvalue weighted by atomic mass is 10.2. The van der Waals surface area contributed by atoms with E-state index >= 15 is 0 Å². The minimum absolute atomic E-state index is 0.195. The molecule has 22 heavy (non-hydrogen) atoms. The smallest absolute Gasteiger partial charge is 0.251 e. The number of nitrogen functional groups attached to an aromatic ring is 1. The second-order valence-corrected chi connectivity index (χ2v) is 5.79. The van der Waals surface area contributed by atoms with Crippen LogP contribution in [0.15, 0.2) is 12.1 Å². The summed E-state index contributed by atoms with van der Waals surface area (Å²) in [7, 11) is 0. The standard InChI is InChI=1S/C15H21ClN4O2/c16-12-9-11(10-13(17)19-12)15(22)18-6-4-8-20-7-3-1-2-5-14(20)21/h9-10H,1-8H2,(H2,17,19)(H,18,22). The average Bonchev–Trinajstić information content (AvgIpc) is 2.67. The molecule has 0 aromatic carbocycles. The fourth-order valence-electron chi connectivity index (χ4n) is 2.50. The number of nitrogens with one attached hydrogen (secondary N) is 1. The van der Waals surface area contributed by atoms with Crippen molar-refractivity contribution in [3.05, 3.63) is 22.8 Å². The van der Waals surface area contributed by atoms with Crippen LogP contribution in [0.3, 0.4) is 0 Å². The summed E-state index contributed by atoms with van der Waals surface area (Å²) in [5, 5.41) is 3.00. The van der Waals surface area contributed by atoms with Gasteiger partial charge in [0.2, 0.25) is 5.91 Å². The highest BCUT2D eigenvalue weighted by molar-refractivity contribution is 6.29. The summed E-state index contributed by atoms with van der Waals surface area (Å²) in [5.74, 6) is 0.198. The zero-order valence-corrected chi connectivity index (χ0v) is 13.2. The topological polar surface area (TPSA) is 88.3 Å². The molecule has 0 spiro atoms. The number of nitrogens with zero attached hydrogens (tertiary/aromatic N) is 2. The van der Waals surface area contributed by atoms with Gasteiger partial charge in [-0.15, -0.1) is 0 Å². The molecule has 1 saturated heterocycles. The van der Waals surface area contributed by atoms with E-state index in [1.807, 2.05) is 4.90 Å². The molecule has 0 radical (unpaired) electrons. The lowest BCUT2D eigenvalue weighted by molar-refractivity contribution is -0.130. The van der Waals surface area contributed by atoms with Crippen LogP contribution in [0.1, 0.15) is 42.5 Å². The normalized spacial score (nSPS) is 15.5. The maximum atomic E-state index is 12.0. The van der Waals surface area contributed by atoms with Crippen molar-refractivity contribution < 1.29 is 9.59 Å². The Kier molecular flexibility index (Phi) is 6.00. The number of carbonyl (C=O) groups excluding carboxylic acids is 2. The Morgan fingerprint density at radius 1 is 1.36 bits per heavy atom. The van der Waals surface area contributed by atoms with Crippen molar-refractivity contribution in [1.29, 1.82) is 0 Å². The minimum Gasteiger partial charge on any atom is -0.384 e. The summed E-state index contributed by atoms with van der Waals surface area (Å²) >= 11 is 5.77. The molecule has 1 aliphatic heterocycles. The first-order valence-electron chi connectivity index (χ1n) is 7.55. The van der Waals surface area contributed by atoms with E-state index in [2.05, 4.69) is 10.3 Å². The van der Waals surface area contributed by atoms with Crippen LogP contribution in [-0.2, 0) is 4.79 Å². The van der Waals surface area contributed by atoms with Gasteiger partial charge in [0.1, 0.15) is 11.0 Å². The summed E-state index contributed by atoms with van der Waals surface area (Å²) in [5.41, 5.74) is 5.95. The van der Waals surface area contributed by atoms with Gasteiger partial charge in [-0.2, -0.15) is 0 Å². The number of likely N-dealkylation sites (tertiary alicyclic amines) is 1. The summed E-state index contributed by atoms with van der Waals surface area (Å²) in [6.45, 7) is 2.00. The van der Waals surface area contributed by atoms with Gasteiger partial charge in [0.05, 0.1) is 0 Å². The van der Waals surface area contributed by atoms with Crippen LogP contribution in [-0.4, -0.2) is 41.3 Å². The lowest BCUT2D eigenvalue weighted by Gasteiger charge is -2.20. The molecule has 2 rings (SSSR count). The van der Waals surface area contributed by atoms with E-state index in [1.165, 1.54) is 12.1 Å². The van der Waals surface area contributed by atoms with Gasteiger partial charge in [-0.1, -0.05) is 18.0 Å². The van der Waals surface area contributed by atoms with Crippen LogP contribution >= 0.6 is 11.6 Å². The Hall–Kier alpha value is -1.82. The van der Waals surface area contributed by atoms with Gasteiger partial charge < -0.3 is 16.0 Å². The second kappa shape index (κ2) is 7.98. The van der Waals surface area contributed by atoms with E-state index in [4.69, 9.17) is 17.3 Å². The third-order valence-corrected chi connectivity index (χ3v) is 3.83. The van der Waals surface area contributed by atoms with Gasteiger partial charge in [-0.3, -0.25) is 9.59 Å². The maximum absolute atomic E-state index is 12.0. The highest BCUT2D eigenvalue weighted by Crippen LogP contribution is 2.13. The van der Waals surface area contributed by atoms with Gasteiger partial charge in [0, 0.05) is 31.6 Å². The molecule has 1 aromatic heterocycles. The van der Waals surface area contributed by atoms with E-state index in [0.29, 0.717) is 25.1 Å². The molecule has 1 aliphatic rings. The van der Waals surface area contributed by atoms with Crippen molar-refractivity contribution in [3.63, 3.8) is 0 Å². The molecule has 2 amide bonds. The Morgan fingerprint density at radius 2 is 2.18 bits per heavy atom. The highest BCUT2D eigenvalue weighted by Gasteiger charge is 2.16. The molecule has 3 N–H and O–H groups in total. The monoisotopic (exact) mass is 324 g/mol. The largest absolute Gasteiger partial charge is 0.384 e. The Bertz CT molecular complexity index is 530. The van der Waals surface area contributed by atoms with Crippen molar-refractivity contribution in [3.8, 4) is 0 Å². The number of rotatable bonds is 5. The zero-order valence-electron chi connectivity index (χ0n) is 12.5. The molecule has 1 fully saturated rings. The van der Waals surface area contributed by atoms with E-state index in [9.17, 15) is 9.59 Å². The molecule has 120 valence electrons. The third kappa shape index (κ3) is 4.87. The summed E-state index contributed by atoms with van der Waals surface area (Å²) in [6.07, 6.45) is 4.53. The Labute approximate surface area is 135 Å². The SMILES string of the molecule is Nc1cc(C(=O)NCCCN2CCCCCC2=O)cc(Cl)n1. The fraction of sp³-hybridized carbons (Fsp3) is 0.533. The van der Waals surface area contributed by atoms with Crippen LogP contribution in [0.2, 0.25) is 5.15 Å². The first-order chi connectivity index (χ1) is 10.6. The first kappa shape index (κ1) is 16.5. The maximum Gasteiger partial charge on any atom is 0.251 e. The first-order valence-corrected chi connectivity index (χ1v) is 7.93. The van der Waals surface area contributed by atoms with Crippen LogP contribution in [0.4, 0.5) is 5.82 Å². The number of hydrogen-bond acceptors (Lipinski definition) is 4. The number of pyridine rings is 1. The summed E-state index contributed by atoms with van der Waals surface area (Å²) in [4.78, 5) is 29.5. The Morgan fingerprint density at radius 3 is 2.95 bits per heavy atom. The second-order valence-electron chi connectivity index (χ2n) is 5.40. The number of hydrogen-bond donors (Lipinski definition) is 2. The van der Waals surface area contributed by atoms with Crippen LogP contribution in [0, 0.1) is 0 Å². The van der Waals surface area contributed by atoms with E-state index in [0.717, 1.165) is 32.2 Å². The molecular formula is C15H21ClN4O2. The molecule has 1 aromatic rings. The number of nitrogens with two attached hydrogens (primary N) is 1. The molecule has 2 heterocycles. The van der Waals surface area contributed by atoms with Crippen LogP contribution in [0.5, 0.6) is 0 Å². The Balaban J connectivity index is 1.76. The predicted octanol–water partition coefficient (Wildman–Crippen LogP) is 1.84. The molecule has 0 aliphatic carbocycles. The minimum atomic E-state index is -0.238. The number of halogens is 1. The van der Waals surface area contributed by atoms with Crippen molar-refractivity contribution in [2.24, 2.45) is 0 Å². The summed E-state index contributed by atoms with van der Waals surface area (Å²) < 4.78 is 0. The van der Waals surface area contributed by atoms with E-state index in [-0.39, 0.29) is 22.8 Å². The fourth-order valence-corrected chi connectivity index (χ4v) is 2.71. The van der Waals surface area contributed by atoms with Gasteiger partial charge in [-0.25, -0.2) is 4.98 Å². The number of carbonyl (C=O) groups is 2. The van der Waals surface area contributed by atoms with Crippen molar-refractivity contribution in [2.45, 2.75) is 32.1 Å². The van der Waals surface area contributed by atoms with Gasteiger partial charge >= 0.3 is 0 Å². The average molecular weight is 325 g/mol. The highest BCUT2D eigenvalue weighted by atomic mass is 35.5. The predicted molar refractivity (Wildman–Crippen MR) is 85.7 cm³/mol. The molecule has 0 unspecified atom stereocenters. The van der Waals surface area contributed by atoms with Crippen LogP contribution in [0.25, 0.3) is 0 Å². The molecular weight excluding hydrogens is 304 g/mol. The van der Waals surface area contributed by atoms with Crippen molar-refractivity contribution in [1.82, 2.24) is 15.2 Å².